The largest absolute Gasteiger partial charge is 0.495 e. The van der Waals surface area contributed by atoms with Gasteiger partial charge in [0.05, 0.1) is 19.3 Å². The Kier molecular flexibility index (Phi) is 13.6. The number of likely N-dealkylation sites (N-methyl/N-ethyl adjacent to an activating group) is 1. The smallest absolute Gasteiger partial charge is 0.239 e. The lowest BCUT2D eigenvalue weighted by molar-refractivity contribution is -0.119. The van der Waals surface area contributed by atoms with E-state index < -0.39 is 0 Å². The number of rotatable bonds is 8. The number of para-hydroxylation sites is 2. The van der Waals surface area contributed by atoms with Gasteiger partial charge in [0.2, 0.25) is 5.91 Å². The molecule has 5 nitrogen and oxygen atoms in total. The molecule has 7 heteroatoms. The molecule has 3 N–H and O–H groups in total. The van der Waals surface area contributed by atoms with Crippen LogP contribution in [0, 0.1) is 0 Å². The molecule has 1 amide bonds. The third kappa shape index (κ3) is 8.09. The summed E-state index contributed by atoms with van der Waals surface area (Å²) in [6, 6.07) is 7.52. The van der Waals surface area contributed by atoms with Crippen molar-refractivity contribution in [3.05, 3.63) is 24.3 Å². The zero-order chi connectivity index (χ0) is 13.2. The Hall–Kier alpha value is -1.17. The Bertz CT molecular complexity index is 378. The van der Waals surface area contributed by atoms with Crippen molar-refractivity contribution >= 4 is 36.4 Å². The third-order valence-electron chi connectivity index (χ3n) is 2.42. The van der Waals surface area contributed by atoms with E-state index in [1.165, 1.54) is 0 Å². The number of anilines is 1. The second-order valence-corrected chi connectivity index (χ2v) is 3.76. The third-order valence-corrected chi connectivity index (χ3v) is 2.42. The van der Waals surface area contributed by atoms with E-state index in [1.807, 2.05) is 31.2 Å². The second kappa shape index (κ2) is 12.8. The summed E-state index contributed by atoms with van der Waals surface area (Å²) < 4.78 is 5.19. The van der Waals surface area contributed by atoms with E-state index in [0.717, 1.165) is 24.5 Å². The van der Waals surface area contributed by atoms with Gasteiger partial charge in [-0.15, -0.1) is 24.8 Å². The Morgan fingerprint density at radius 2 is 1.90 bits per heavy atom. The molecule has 0 bridgehead atoms. The molecule has 0 spiro atoms. The Labute approximate surface area is 132 Å². The van der Waals surface area contributed by atoms with Gasteiger partial charge in [-0.05, 0) is 18.7 Å². The van der Waals surface area contributed by atoms with Gasteiger partial charge in [-0.1, -0.05) is 19.1 Å². The maximum absolute atomic E-state index is 11.5. The van der Waals surface area contributed by atoms with E-state index in [1.54, 1.807) is 7.11 Å². The molecule has 0 saturated carbocycles. The molecule has 0 aliphatic heterocycles. The quantitative estimate of drug-likeness (QED) is 0.637. The first kappa shape index (κ1) is 21.1. The molecule has 0 aliphatic rings. The fourth-order valence-electron chi connectivity index (χ4n) is 1.50. The van der Waals surface area contributed by atoms with Crippen LogP contribution in [-0.2, 0) is 4.79 Å². The number of nitrogens with one attached hydrogen (secondary N) is 3. The summed E-state index contributed by atoms with van der Waals surface area (Å²) in [5, 5.41) is 9.01. The second-order valence-electron chi connectivity index (χ2n) is 3.76. The van der Waals surface area contributed by atoms with E-state index in [4.69, 9.17) is 4.74 Å². The molecular formula is C13H23Cl2N3O2. The molecule has 0 radical (unpaired) electrons. The molecule has 1 rings (SSSR count). The Morgan fingerprint density at radius 1 is 1.20 bits per heavy atom. The molecule has 0 unspecified atom stereocenters. The van der Waals surface area contributed by atoms with Gasteiger partial charge in [0, 0.05) is 13.1 Å². The van der Waals surface area contributed by atoms with Gasteiger partial charge in [0.15, 0.2) is 0 Å². The predicted molar refractivity (Wildman–Crippen MR) is 87.5 cm³/mol. The maximum atomic E-state index is 11.5. The van der Waals surface area contributed by atoms with Gasteiger partial charge in [0.1, 0.15) is 5.75 Å². The lowest BCUT2D eigenvalue weighted by atomic mass is 10.3. The van der Waals surface area contributed by atoms with Crippen molar-refractivity contribution in [2.45, 2.75) is 6.92 Å². The number of benzene rings is 1. The van der Waals surface area contributed by atoms with Crippen molar-refractivity contribution in [3.8, 4) is 5.75 Å². The molecule has 0 aromatic heterocycles. The SMILES string of the molecule is CCNCCNC(=O)CNc1ccccc1OC.Cl.Cl. The first-order valence-corrected chi connectivity index (χ1v) is 6.12. The highest BCUT2D eigenvalue weighted by atomic mass is 35.5. The molecular weight excluding hydrogens is 301 g/mol. The lowest BCUT2D eigenvalue weighted by Crippen LogP contribution is -2.35. The molecule has 0 heterocycles. The summed E-state index contributed by atoms with van der Waals surface area (Å²) in [4.78, 5) is 11.5. The highest BCUT2D eigenvalue weighted by Crippen LogP contribution is 2.22. The monoisotopic (exact) mass is 323 g/mol. The fraction of sp³-hybridized carbons (Fsp3) is 0.462. The maximum Gasteiger partial charge on any atom is 0.239 e. The predicted octanol–water partition coefficient (Wildman–Crippen LogP) is 1.68. The number of halogens is 2. The summed E-state index contributed by atoms with van der Waals surface area (Å²) in [6.45, 7) is 4.62. The summed E-state index contributed by atoms with van der Waals surface area (Å²) in [5.41, 5.74) is 0.821. The van der Waals surface area contributed by atoms with Crippen LogP contribution >= 0.6 is 24.8 Å². The highest BCUT2D eigenvalue weighted by molar-refractivity contribution is 5.85. The van der Waals surface area contributed by atoms with Gasteiger partial charge < -0.3 is 20.7 Å². The van der Waals surface area contributed by atoms with Crippen molar-refractivity contribution in [3.63, 3.8) is 0 Å². The molecule has 116 valence electrons. The van der Waals surface area contributed by atoms with Crippen molar-refractivity contribution in [2.24, 2.45) is 0 Å². The van der Waals surface area contributed by atoms with Gasteiger partial charge in [-0.25, -0.2) is 0 Å². The summed E-state index contributed by atoms with van der Waals surface area (Å²) >= 11 is 0. The van der Waals surface area contributed by atoms with E-state index in [0.29, 0.717) is 6.54 Å². The number of ether oxygens (including phenoxy) is 1. The van der Waals surface area contributed by atoms with E-state index in [9.17, 15) is 4.79 Å². The summed E-state index contributed by atoms with van der Waals surface area (Å²) in [7, 11) is 1.61. The van der Waals surface area contributed by atoms with E-state index in [-0.39, 0.29) is 37.3 Å². The standard InChI is InChI=1S/C13H21N3O2.2ClH/c1-3-14-8-9-15-13(17)10-16-11-6-4-5-7-12(11)18-2;;/h4-7,14,16H,3,8-10H2,1-2H3,(H,15,17);2*1H. The molecule has 1 aromatic carbocycles. The minimum Gasteiger partial charge on any atom is -0.495 e. The van der Waals surface area contributed by atoms with Crippen LogP contribution in [0.25, 0.3) is 0 Å². The number of carbonyl (C=O) groups excluding carboxylic acids is 1. The van der Waals surface area contributed by atoms with Crippen LogP contribution in [-0.4, -0.2) is 39.2 Å². The minimum atomic E-state index is -0.0289. The fourth-order valence-corrected chi connectivity index (χ4v) is 1.50. The van der Waals surface area contributed by atoms with Gasteiger partial charge >= 0.3 is 0 Å². The summed E-state index contributed by atoms with van der Waals surface area (Å²) in [6.07, 6.45) is 0. The zero-order valence-corrected chi connectivity index (χ0v) is 13.4. The lowest BCUT2D eigenvalue weighted by Gasteiger charge is -2.11. The van der Waals surface area contributed by atoms with Crippen molar-refractivity contribution < 1.29 is 9.53 Å². The van der Waals surface area contributed by atoms with Crippen LogP contribution in [0.1, 0.15) is 6.92 Å². The average Bonchev–Trinajstić information content (AvgIpc) is 2.41. The van der Waals surface area contributed by atoms with E-state index >= 15 is 0 Å². The number of hydrogen-bond acceptors (Lipinski definition) is 4. The van der Waals surface area contributed by atoms with Crippen LogP contribution in [0.3, 0.4) is 0 Å². The van der Waals surface area contributed by atoms with Gasteiger partial charge in [0.25, 0.3) is 0 Å². The molecule has 0 fully saturated rings. The summed E-state index contributed by atoms with van der Waals surface area (Å²) in [5.74, 6) is 0.705. The molecule has 1 aromatic rings. The Morgan fingerprint density at radius 3 is 2.55 bits per heavy atom. The van der Waals surface area contributed by atoms with Crippen molar-refractivity contribution in [1.82, 2.24) is 10.6 Å². The average molecular weight is 324 g/mol. The van der Waals surface area contributed by atoms with E-state index in [2.05, 4.69) is 16.0 Å². The van der Waals surface area contributed by atoms with Crippen molar-refractivity contribution in [2.75, 3.05) is 38.6 Å². The molecule has 20 heavy (non-hydrogen) atoms. The normalized spacial score (nSPS) is 8.90. The zero-order valence-electron chi connectivity index (χ0n) is 11.8. The minimum absolute atomic E-state index is 0. The van der Waals surface area contributed by atoms with Crippen LogP contribution in [0.15, 0.2) is 24.3 Å². The first-order valence-electron chi connectivity index (χ1n) is 6.12. The number of amides is 1. The molecule has 0 atom stereocenters. The molecule has 0 saturated heterocycles. The first-order chi connectivity index (χ1) is 8.77. The van der Waals surface area contributed by atoms with Crippen molar-refractivity contribution in [1.29, 1.82) is 0 Å². The molecule has 0 aliphatic carbocycles. The van der Waals surface area contributed by atoms with Gasteiger partial charge in [-0.3, -0.25) is 4.79 Å². The van der Waals surface area contributed by atoms with Crippen LogP contribution in [0.2, 0.25) is 0 Å². The van der Waals surface area contributed by atoms with Crippen LogP contribution < -0.4 is 20.7 Å². The number of methoxy groups -OCH3 is 1. The Balaban J connectivity index is 0. The number of carbonyl (C=O) groups is 1. The number of hydrogen-bond donors (Lipinski definition) is 3. The van der Waals surface area contributed by atoms with Crippen LogP contribution in [0.4, 0.5) is 5.69 Å². The highest BCUT2D eigenvalue weighted by Gasteiger charge is 2.03. The van der Waals surface area contributed by atoms with Gasteiger partial charge in [-0.2, -0.15) is 0 Å². The topological polar surface area (TPSA) is 62.4 Å². The van der Waals surface area contributed by atoms with Crippen LogP contribution in [0.5, 0.6) is 5.75 Å².